The van der Waals surface area contributed by atoms with E-state index in [-0.39, 0.29) is 5.38 Å². The monoisotopic (exact) mass is 328 g/mol. The van der Waals surface area contributed by atoms with E-state index in [1.807, 2.05) is 49.4 Å². The Morgan fingerprint density at radius 1 is 1.06 bits per heavy atom. The van der Waals surface area contributed by atoms with Gasteiger partial charge in [-0.2, -0.15) is 0 Å². The van der Waals surface area contributed by atoms with Gasteiger partial charge in [-0.1, -0.05) is 57.9 Å². The fraction of sp³-hybridized carbons (Fsp3) is 0.143. The van der Waals surface area contributed by atoms with Crippen LogP contribution in [0.15, 0.2) is 46.9 Å². The minimum atomic E-state index is -0.213. The zero-order chi connectivity index (χ0) is 12.4. The predicted octanol–water partition coefficient (Wildman–Crippen LogP) is 5.74. The summed E-state index contributed by atoms with van der Waals surface area (Å²) in [5.74, 6) is 0. The third kappa shape index (κ3) is 2.85. The summed E-state index contributed by atoms with van der Waals surface area (Å²) in [5.41, 5.74) is 3.05. The van der Waals surface area contributed by atoms with Gasteiger partial charge >= 0.3 is 0 Å². The fourth-order valence-corrected chi connectivity index (χ4v) is 2.56. The van der Waals surface area contributed by atoms with Crippen molar-refractivity contribution >= 4 is 39.1 Å². The van der Waals surface area contributed by atoms with Gasteiger partial charge in [0.15, 0.2) is 0 Å². The van der Waals surface area contributed by atoms with Gasteiger partial charge in [0.25, 0.3) is 0 Å². The predicted molar refractivity (Wildman–Crippen MR) is 78.0 cm³/mol. The molecule has 0 saturated heterocycles. The summed E-state index contributed by atoms with van der Waals surface area (Å²) in [6.45, 7) is 1.98. The van der Waals surface area contributed by atoms with E-state index in [0.717, 1.165) is 26.2 Å². The molecular formula is C14H11BrCl2. The van der Waals surface area contributed by atoms with E-state index >= 15 is 0 Å². The largest absolute Gasteiger partial charge is 0.113 e. The van der Waals surface area contributed by atoms with Crippen molar-refractivity contribution in [2.45, 2.75) is 12.3 Å². The molecule has 88 valence electrons. The van der Waals surface area contributed by atoms with Crippen molar-refractivity contribution in [3.8, 4) is 0 Å². The van der Waals surface area contributed by atoms with Crippen LogP contribution in [0.1, 0.15) is 22.1 Å². The zero-order valence-corrected chi connectivity index (χ0v) is 12.4. The number of rotatable bonds is 2. The van der Waals surface area contributed by atoms with Crippen LogP contribution in [0, 0.1) is 6.92 Å². The molecule has 0 amide bonds. The molecule has 0 saturated carbocycles. The van der Waals surface area contributed by atoms with Crippen LogP contribution >= 0.6 is 39.1 Å². The Balaban J connectivity index is 2.40. The molecule has 17 heavy (non-hydrogen) atoms. The van der Waals surface area contributed by atoms with Gasteiger partial charge in [0.2, 0.25) is 0 Å². The van der Waals surface area contributed by atoms with Crippen LogP contribution in [-0.2, 0) is 0 Å². The molecular weight excluding hydrogens is 319 g/mol. The number of alkyl halides is 1. The lowest BCUT2D eigenvalue weighted by Crippen LogP contribution is -1.95. The molecule has 0 heterocycles. The highest BCUT2D eigenvalue weighted by atomic mass is 79.9. The molecule has 1 unspecified atom stereocenters. The molecule has 0 fully saturated rings. The molecule has 0 bridgehead atoms. The minimum absolute atomic E-state index is 0.213. The molecule has 3 heteroatoms. The zero-order valence-electron chi connectivity index (χ0n) is 9.25. The standard InChI is InChI=1S/C14H11BrCl2/c1-9-3-2-4-12(13(9)16)14(17)10-5-7-11(15)8-6-10/h2-8,14H,1H3. The maximum atomic E-state index is 6.46. The van der Waals surface area contributed by atoms with Crippen molar-refractivity contribution in [3.63, 3.8) is 0 Å². The average Bonchev–Trinajstić information content (AvgIpc) is 2.33. The average molecular weight is 330 g/mol. The van der Waals surface area contributed by atoms with Crippen LogP contribution in [-0.4, -0.2) is 0 Å². The van der Waals surface area contributed by atoms with Crippen molar-refractivity contribution in [1.29, 1.82) is 0 Å². The maximum absolute atomic E-state index is 6.46. The fourth-order valence-electron chi connectivity index (χ4n) is 1.68. The van der Waals surface area contributed by atoms with Crippen LogP contribution in [0.4, 0.5) is 0 Å². The van der Waals surface area contributed by atoms with E-state index < -0.39 is 0 Å². The SMILES string of the molecule is Cc1cccc(C(Cl)c2ccc(Br)cc2)c1Cl. The van der Waals surface area contributed by atoms with Crippen LogP contribution in [0.25, 0.3) is 0 Å². The smallest absolute Gasteiger partial charge is 0.0849 e. The Kier molecular flexibility index (Phi) is 4.13. The summed E-state index contributed by atoms with van der Waals surface area (Å²) in [7, 11) is 0. The van der Waals surface area contributed by atoms with Gasteiger partial charge < -0.3 is 0 Å². The van der Waals surface area contributed by atoms with Gasteiger partial charge in [-0.25, -0.2) is 0 Å². The van der Waals surface area contributed by atoms with Crippen molar-refractivity contribution in [2.24, 2.45) is 0 Å². The first-order valence-electron chi connectivity index (χ1n) is 5.24. The number of aryl methyl sites for hydroxylation is 1. The van der Waals surface area contributed by atoms with Crippen molar-refractivity contribution in [1.82, 2.24) is 0 Å². The second kappa shape index (κ2) is 5.43. The Bertz CT molecular complexity index is 520. The van der Waals surface area contributed by atoms with E-state index in [0.29, 0.717) is 0 Å². The molecule has 2 aromatic carbocycles. The molecule has 0 spiro atoms. The Hall–Kier alpha value is -0.500. The first-order valence-corrected chi connectivity index (χ1v) is 6.85. The molecule has 0 aliphatic heterocycles. The van der Waals surface area contributed by atoms with Crippen LogP contribution in [0.3, 0.4) is 0 Å². The van der Waals surface area contributed by atoms with Gasteiger partial charge in [-0.05, 0) is 35.7 Å². The summed E-state index contributed by atoms with van der Waals surface area (Å²) in [4.78, 5) is 0. The molecule has 0 nitrogen and oxygen atoms in total. The second-order valence-corrected chi connectivity index (χ2v) is 5.62. The lowest BCUT2D eigenvalue weighted by atomic mass is 10.0. The Labute approximate surface area is 120 Å². The van der Waals surface area contributed by atoms with Crippen molar-refractivity contribution < 1.29 is 0 Å². The third-order valence-corrected chi connectivity index (χ3v) is 4.19. The molecule has 0 aromatic heterocycles. The maximum Gasteiger partial charge on any atom is 0.0849 e. The van der Waals surface area contributed by atoms with E-state index in [2.05, 4.69) is 15.9 Å². The molecule has 2 rings (SSSR count). The van der Waals surface area contributed by atoms with Gasteiger partial charge in [0.05, 0.1) is 5.38 Å². The quantitative estimate of drug-likeness (QED) is 0.616. The van der Waals surface area contributed by atoms with Gasteiger partial charge in [0, 0.05) is 9.50 Å². The topological polar surface area (TPSA) is 0 Å². The molecule has 0 radical (unpaired) electrons. The first kappa shape index (κ1) is 12.9. The second-order valence-electron chi connectivity index (χ2n) is 3.89. The third-order valence-electron chi connectivity index (χ3n) is 2.66. The van der Waals surface area contributed by atoms with Crippen molar-refractivity contribution in [2.75, 3.05) is 0 Å². The van der Waals surface area contributed by atoms with Gasteiger partial charge in [-0.15, -0.1) is 11.6 Å². The number of halogens is 3. The normalized spacial score (nSPS) is 12.5. The summed E-state index contributed by atoms with van der Waals surface area (Å²) < 4.78 is 1.04. The van der Waals surface area contributed by atoms with Gasteiger partial charge in [0.1, 0.15) is 0 Å². The molecule has 0 aliphatic rings. The first-order chi connectivity index (χ1) is 8.09. The highest BCUT2D eigenvalue weighted by molar-refractivity contribution is 9.10. The Morgan fingerprint density at radius 2 is 1.71 bits per heavy atom. The van der Waals surface area contributed by atoms with Crippen LogP contribution in [0.2, 0.25) is 5.02 Å². The molecule has 1 atom stereocenters. The molecule has 0 aliphatic carbocycles. The highest BCUT2D eigenvalue weighted by Crippen LogP contribution is 2.35. The summed E-state index contributed by atoms with van der Waals surface area (Å²) in [5, 5.41) is 0.533. The van der Waals surface area contributed by atoms with E-state index in [4.69, 9.17) is 23.2 Å². The van der Waals surface area contributed by atoms with Gasteiger partial charge in [-0.3, -0.25) is 0 Å². The minimum Gasteiger partial charge on any atom is -0.113 e. The van der Waals surface area contributed by atoms with E-state index in [1.165, 1.54) is 0 Å². The van der Waals surface area contributed by atoms with Crippen LogP contribution < -0.4 is 0 Å². The number of benzene rings is 2. The Morgan fingerprint density at radius 3 is 2.35 bits per heavy atom. The lowest BCUT2D eigenvalue weighted by Gasteiger charge is -2.13. The highest BCUT2D eigenvalue weighted by Gasteiger charge is 2.14. The summed E-state index contributed by atoms with van der Waals surface area (Å²) in [6, 6.07) is 13.9. The van der Waals surface area contributed by atoms with Crippen molar-refractivity contribution in [3.05, 3.63) is 68.7 Å². The van der Waals surface area contributed by atoms with Crippen LogP contribution in [0.5, 0.6) is 0 Å². The molecule has 2 aromatic rings. The lowest BCUT2D eigenvalue weighted by molar-refractivity contribution is 1.13. The van der Waals surface area contributed by atoms with E-state index in [9.17, 15) is 0 Å². The molecule has 0 N–H and O–H groups in total. The number of hydrogen-bond donors (Lipinski definition) is 0. The summed E-state index contributed by atoms with van der Waals surface area (Å²) in [6.07, 6.45) is 0. The number of hydrogen-bond acceptors (Lipinski definition) is 0. The van der Waals surface area contributed by atoms with E-state index in [1.54, 1.807) is 0 Å². The summed E-state index contributed by atoms with van der Waals surface area (Å²) >= 11 is 16.1.